The van der Waals surface area contributed by atoms with Crippen molar-refractivity contribution in [2.75, 3.05) is 0 Å². The topological polar surface area (TPSA) is 20.2 Å². The van der Waals surface area contributed by atoms with Crippen molar-refractivity contribution in [3.8, 4) is 0 Å². The Kier molecular flexibility index (Phi) is 3.71. The number of hydrogen-bond acceptors (Lipinski definition) is 1. The lowest BCUT2D eigenvalue weighted by Crippen LogP contribution is -1.97. The van der Waals surface area contributed by atoms with Gasteiger partial charge in [0.15, 0.2) is 0 Å². The zero-order valence-electron chi connectivity index (χ0n) is 7.22. The molecule has 0 aromatic heterocycles. The van der Waals surface area contributed by atoms with Crippen molar-refractivity contribution in [3.05, 3.63) is 44.9 Å². The molecular weight excluding hydrogens is 296 g/mol. The lowest BCUT2D eigenvalue weighted by atomic mass is 10.0. The minimum absolute atomic E-state index is 0.579. The quantitative estimate of drug-likeness (QED) is 0.824. The molecule has 1 aromatic rings. The molecule has 0 saturated carbocycles. The van der Waals surface area contributed by atoms with Crippen LogP contribution in [0.3, 0.4) is 0 Å². The smallest absolute Gasteiger partial charge is 0.0996 e. The highest BCUT2D eigenvalue weighted by Gasteiger charge is 2.08. The summed E-state index contributed by atoms with van der Waals surface area (Å²) in [6.45, 7) is 5.51. The summed E-state index contributed by atoms with van der Waals surface area (Å²) in [6.07, 6.45) is -0.579. The summed E-state index contributed by atoms with van der Waals surface area (Å²) in [7, 11) is 0. The Bertz CT molecular complexity index is 334. The summed E-state index contributed by atoms with van der Waals surface area (Å²) in [5, 5.41) is 9.68. The fraction of sp³-hybridized carbons (Fsp3) is 0.200. The number of rotatable bonds is 2. The highest BCUT2D eigenvalue weighted by molar-refractivity contribution is 9.13. The largest absolute Gasteiger partial charge is 0.384 e. The third-order valence-corrected chi connectivity index (χ3v) is 3.61. The zero-order chi connectivity index (χ0) is 10.0. The van der Waals surface area contributed by atoms with Gasteiger partial charge in [-0.05, 0) is 62.1 Å². The number of benzene rings is 1. The van der Waals surface area contributed by atoms with E-state index < -0.39 is 6.10 Å². The average molecular weight is 306 g/mol. The molecular formula is C10H10Br2O. The van der Waals surface area contributed by atoms with Gasteiger partial charge in [0.05, 0.1) is 6.10 Å². The molecule has 0 amide bonds. The molecule has 3 heteroatoms. The number of halogens is 2. The van der Waals surface area contributed by atoms with E-state index in [-0.39, 0.29) is 0 Å². The lowest BCUT2D eigenvalue weighted by molar-refractivity contribution is 0.216. The van der Waals surface area contributed by atoms with Crippen LogP contribution in [0.15, 0.2) is 39.3 Å². The van der Waals surface area contributed by atoms with Gasteiger partial charge in [-0.15, -0.1) is 0 Å². The van der Waals surface area contributed by atoms with Gasteiger partial charge < -0.3 is 5.11 Å². The Morgan fingerprint density at radius 1 is 1.38 bits per heavy atom. The molecule has 0 bridgehead atoms. The first-order valence-corrected chi connectivity index (χ1v) is 5.39. The van der Waals surface area contributed by atoms with E-state index in [1.807, 2.05) is 18.2 Å². The van der Waals surface area contributed by atoms with Crippen LogP contribution in [0.1, 0.15) is 18.6 Å². The first kappa shape index (κ1) is 11.0. The second kappa shape index (κ2) is 4.40. The van der Waals surface area contributed by atoms with E-state index in [1.54, 1.807) is 6.92 Å². The Morgan fingerprint density at radius 3 is 2.46 bits per heavy atom. The summed E-state index contributed by atoms with van der Waals surface area (Å²) >= 11 is 6.74. The van der Waals surface area contributed by atoms with E-state index in [4.69, 9.17) is 0 Å². The molecule has 0 aliphatic carbocycles. The number of aliphatic hydroxyl groups excluding tert-OH is 1. The first-order valence-electron chi connectivity index (χ1n) is 3.81. The van der Waals surface area contributed by atoms with Crippen LogP contribution in [0.2, 0.25) is 0 Å². The summed E-state index contributed by atoms with van der Waals surface area (Å²) in [5.74, 6) is 0. The fourth-order valence-electron chi connectivity index (χ4n) is 0.967. The summed E-state index contributed by atoms with van der Waals surface area (Å²) in [5.41, 5.74) is 1.59. The van der Waals surface area contributed by atoms with E-state index in [0.29, 0.717) is 0 Å². The van der Waals surface area contributed by atoms with Crippen LogP contribution in [-0.2, 0) is 0 Å². The maximum atomic E-state index is 9.68. The number of aliphatic hydroxyl groups is 1. The molecule has 1 aromatic carbocycles. The van der Waals surface area contributed by atoms with Crippen molar-refractivity contribution in [2.45, 2.75) is 13.0 Å². The normalized spacial score (nSPS) is 12.6. The van der Waals surface area contributed by atoms with E-state index in [1.165, 1.54) is 0 Å². The third-order valence-electron chi connectivity index (χ3n) is 1.73. The Hall–Kier alpha value is -0.120. The molecule has 0 aliphatic rings. The van der Waals surface area contributed by atoms with E-state index in [2.05, 4.69) is 38.4 Å². The van der Waals surface area contributed by atoms with E-state index in [0.717, 1.165) is 20.1 Å². The van der Waals surface area contributed by atoms with Crippen LogP contribution in [0.25, 0.3) is 0 Å². The van der Waals surface area contributed by atoms with Crippen molar-refractivity contribution >= 4 is 31.9 Å². The zero-order valence-corrected chi connectivity index (χ0v) is 10.4. The van der Waals surface area contributed by atoms with Crippen LogP contribution in [-0.4, -0.2) is 5.11 Å². The molecule has 0 radical (unpaired) electrons. The summed E-state index contributed by atoms with van der Waals surface area (Å²) in [6, 6.07) is 5.64. The highest BCUT2D eigenvalue weighted by atomic mass is 79.9. The van der Waals surface area contributed by atoms with Crippen molar-refractivity contribution in [3.63, 3.8) is 0 Å². The van der Waals surface area contributed by atoms with Crippen LogP contribution in [0.5, 0.6) is 0 Å². The number of hydrogen-bond donors (Lipinski definition) is 1. The molecule has 0 heterocycles. The molecule has 13 heavy (non-hydrogen) atoms. The van der Waals surface area contributed by atoms with Crippen molar-refractivity contribution in [2.24, 2.45) is 0 Å². The molecule has 1 atom stereocenters. The molecule has 0 aliphatic heterocycles. The molecule has 0 spiro atoms. The maximum Gasteiger partial charge on any atom is 0.0996 e. The lowest BCUT2D eigenvalue weighted by Gasteiger charge is -2.11. The Morgan fingerprint density at radius 2 is 2.00 bits per heavy atom. The van der Waals surface area contributed by atoms with Crippen molar-refractivity contribution < 1.29 is 5.11 Å². The Labute approximate surface area is 94.7 Å². The molecule has 1 rings (SSSR count). The van der Waals surface area contributed by atoms with E-state index in [9.17, 15) is 5.11 Å². The van der Waals surface area contributed by atoms with Gasteiger partial charge in [0.1, 0.15) is 0 Å². The van der Waals surface area contributed by atoms with Crippen LogP contribution in [0, 0.1) is 0 Å². The minimum Gasteiger partial charge on any atom is -0.384 e. The van der Waals surface area contributed by atoms with Crippen molar-refractivity contribution in [1.29, 1.82) is 0 Å². The molecule has 1 unspecified atom stereocenters. The van der Waals surface area contributed by atoms with Crippen LogP contribution < -0.4 is 0 Å². The standard InChI is InChI=1S/C10H10Br2O/c1-6(2)10(13)7-3-4-8(11)9(12)5-7/h3-5,10,13H,1H2,2H3. The SMILES string of the molecule is C=C(C)C(O)c1ccc(Br)c(Br)c1. The molecule has 1 N–H and O–H groups in total. The Balaban J connectivity index is 3.03. The van der Waals surface area contributed by atoms with Gasteiger partial charge in [-0.2, -0.15) is 0 Å². The molecule has 70 valence electrons. The molecule has 1 nitrogen and oxygen atoms in total. The first-order chi connectivity index (χ1) is 6.02. The summed E-state index contributed by atoms with van der Waals surface area (Å²) < 4.78 is 1.91. The van der Waals surface area contributed by atoms with Crippen LogP contribution in [0.4, 0.5) is 0 Å². The van der Waals surface area contributed by atoms with Gasteiger partial charge in [-0.3, -0.25) is 0 Å². The van der Waals surface area contributed by atoms with Gasteiger partial charge in [0.25, 0.3) is 0 Å². The minimum atomic E-state index is -0.579. The van der Waals surface area contributed by atoms with Gasteiger partial charge in [0, 0.05) is 8.95 Å². The van der Waals surface area contributed by atoms with Crippen molar-refractivity contribution in [1.82, 2.24) is 0 Å². The van der Waals surface area contributed by atoms with Gasteiger partial charge in [-0.1, -0.05) is 12.6 Å². The second-order valence-electron chi connectivity index (χ2n) is 2.92. The van der Waals surface area contributed by atoms with E-state index >= 15 is 0 Å². The van der Waals surface area contributed by atoms with Gasteiger partial charge in [-0.25, -0.2) is 0 Å². The predicted octanol–water partition coefficient (Wildman–Crippen LogP) is 3.82. The molecule has 0 fully saturated rings. The predicted molar refractivity (Wildman–Crippen MR) is 61.6 cm³/mol. The fourth-order valence-corrected chi connectivity index (χ4v) is 1.61. The average Bonchev–Trinajstić information content (AvgIpc) is 2.08. The second-order valence-corrected chi connectivity index (χ2v) is 4.63. The molecule has 0 saturated heterocycles. The summed E-state index contributed by atoms with van der Waals surface area (Å²) in [4.78, 5) is 0. The van der Waals surface area contributed by atoms with Gasteiger partial charge >= 0.3 is 0 Å². The van der Waals surface area contributed by atoms with Crippen LogP contribution >= 0.6 is 31.9 Å². The maximum absolute atomic E-state index is 9.68. The third kappa shape index (κ3) is 2.66. The highest BCUT2D eigenvalue weighted by Crippen LogP contribution is 2.28. The monoisotopic (exact) mass is 304 g/mol. The van der Waals surface area contributed by atoms with Gasteiger partial charge in [0.2, 0.25) is 0 Å².